The Labute approximate surface area is 239 Å². The van der Waals surface area contributed by atoms with Crippen LogP contribution in [-0.4, -0.2) is 24.6 Å². The van der Waals surface area contributed by atoms with Crippen molar-refractivity contribution in [2.75, 3.05) is 7.11 Å². The molecular formula is C35H31F2NO3. The number of hydrogen-bond donors (Lipinski definition) is 0. The molecule has 0 saturated carbocycles. The van der Waals surface area contributed by atoms with Gasteiger partial charge in [-0.2, -0.15) is 0 Å². The van der Waals surface area contributed by atoms with Crippen LogP contribution in [0.1, 0.15) is 58.8 Å². The van der Waals surface area contributed by atoms with Gasteiger partial charge in [0.2, 0.25) is 0 Å². The topological polar surface area (TPSA) is 55.7 Å². The lowest BCUT2D eigenvalue weighted by Crippen LogP contribution is -2.15. The molecule has 0 N–H and O–H groups in total. The zero-order valence-electron chi connectivity index (χ0n) is 23.1. The molecule has 41 heavy (non-hydrogen) atoms. The number of aryl methyl sites for hydroxylation is 1. The lowest BCUT2D eigenvalue weighted by atomic mass is 9.94. The summed E-state index contributed by atoms with van der Waals surface area (Å²) in [5, 5.41) is 0. The molecule has 0 spiro atoms. The van der Waals surface area contributed by atoms with Gasteiger partial charge in [-0.15, -0.1) is 0 Å². The molecule has 6 heteroatoms. The van der Waals surface area contributed by atoms with Gasteiger partial charge in [0.25, 0.3) is 0 Å². The van der Waals surface area contributed by atoms with Crippen LogP contribution in [0.3, 0.4) is 0 Å². The highest BCUT2D eigenvalue weighted by Gasteiger charge is 2.18. The molecule has 0 amide bonds. The van der Waals surface area contributed by atoms with Crippen molar-refractivity contribution in [3.05, 3.63) is 143 Å². The molecule has 208 valence electrons. The highest BCUT2D eigenvalue weighted by Crippen LogP contribution is 2.29. The average Bonchev–Trinajstić information content (AvgIpc) is 3.00. The fourth-order valence-electron chi connectivity index (χ4n) is 4.47. The van der Waals surface area contributed by atoms with E-state index in [0.29, 0.717) is 28.0 Å². The van der Waals surface area contributed by atoms with Crippen molar-refractivity contribution in [3.8, 4) is 0 Å². The van der Waals surface area contributed by atoms with Crippen molar-refractivity contribution in [1.82, 2.24) is 0 Å². The molecule has 0 bridgehead atoms. The number of para-hydroxylation sites is 1. The molecule has 0 atom stereocenters. The van der Waals surface area contributed by atoms with Crippen LogP contribution in [0.2, 0.25) is 0 Å². The van der Waals surface area contributed by atoms with Gasteiger partial charge in [0, 0.05) is 29.2 Å². The molecule has 0 unspecified atom stereocenters. The number of ketones is 1. The van der Waals surface area contributed by atoms with Gasteiger partial charge in [-0.05, 0) is 53.8 Å². The fourth-order valence-corrected chi connectivity index (χ4v) is 4.47. The maximum atomic E-state index is 15.0. The Hall–Kier alpha value is -4.71. The molecule has 0 aliphatic carbocycles. The second-order valence-electron chi connectivity index (χ2n) is 9.51. The number of methoxy groups -OCH3 is 1. The van der Waals surface area contributed by atoms with E-state index in [1.807, 2.05) is 30.3 Å². The number of aliphatic imine (C=N–C) groups is 1. The number of unbranched alkanes of at least 4 members (excludes halogenated alkanes) is 1. The number of rotatable bonds is 11. The predicted molar refractivity (Wildman–Crippen MR) is 159 cm³/mol. The van der Waals surface area contributed by atoms with Crippen LogP contribution in [0.15, 0.2) is 108 Å². The monoisotopic (exact) mass is 551 g/mol. The SMILES string of the molecule is CCCCc1ccc(C(=CCC(=Nc2ccccc2C(=O)c2ccccc2)C(=O)OC)c2ccc(F)cc2F)cc1. The maximum absolute atomic E-state index is 15.0. The summed E-state index contributed by atoms with van der Waals surface area (Å²) in [5.74, 6) is -2.32. The zero-order valence-corrected chi connectivity index (χ0v) is 23.1. The minimum atomic E-state index is -0.721. The van der Waals surface area contributed by atoms with Gasteiger partial charge < -0.3 is 4.74 Å². The summed E-state index contributed by atoms with van der Waals surface area (Å²) in [7, 11) is 1.25. The summed E-state index contributed by atoms with van der Waals surface area (Å²) >= 11 is 0. The molecule has 4 aromatic carbocycles. The zero-order chi connectivity index (χ0) is 29.2. The van der Waals surface area contributed by atoms with Gasteiger partial charge in [-0.3, -0.25) is 4.79 Å². The Bertz CT molecular complexity index is 1580. The maximum Gasteiger partial charge on any atom is 0.352 e. The molecule has 0 aliphatic rings. The number of hydrogen-bond acceptors (Lipinski definition) is 4. The Balaban J connectivity index is 1.76. The van der Waals surface area contributed by atoms with Crippen molar-refractivity contribution >= 4 is 28.7 Å². The van der Waals surface area contributed by atoms with Crippen molar-refractivity contribution in [3.63, 3.8) is 0 Å². The highest BCUT2D eigenvalue weighted by atomic mass is 19.1. The number of esters is 1. The van der Waals surface area contributed by atoms with E-state index in [2.05, 4.69) is 11.9 Å². The summed E-state index contributed by atoms with van der Waals surface area (Å²) in [6.45, 7) is 2.13. The molecule has 4 aromatic rings. The normalized spacial score (nSPS) is 11.8. The number of allylic oxidation sites excluding steroid dienone is 1. The van der Waals surface area contributed by atoms with E-state index < -0.39 is 17.6 Å². The van der Waals surface area contributed by atoms with Crippen molar-refractivity contribution in [1.29, 1.82) is 0 Å². The molecule has 4 nitrogen and oxygen atoms in total. The Morgan fingerprint density at radius 1 is 0.829 bits per heavy atom. The molecular weight excluding hydrogens is 520 g/mol. The third-order valence-corrected chi connectivity index (χ3v) is 6.67. The molecule has 0 fully saturated rings. The summed E-state index contributed by atoms with van der Waals surface area (Å²) in [6.07, 6.45) is 4.71. The van der Waals surface area contributed by atoms with E-state index in [-0.39, 0.29) is 23.5 Å². The van der Waals surface area contributed by atoms with Gasteiger partial charge in [0.1, 0.15) is 17.3 Å². The number of halogens is 2. The standard InChI is InChI=1S/C35H31F2NO3/c1-3-4-10-24-15-17-25(18-16-24)28(29-20-19-27(36)23-31(29)37)21-22-33(35(40)41-2)38-32-14-9-8-13-30(32)34(39)26-11-6-5-7-12-26/h5-9,11-21,23H,3-4,10,22H2,1-2H3. The van der Waals surface area contributed by atoms with Gasteiger partial charge in [-0.25, -0.2) is 18.6 Å². The Morgan fingerprint density at radius 3 is 2.22 bits per heavy atom. The first-order chi connectivity index (χ1) is 19.9. The molecule has 0 heterocycles. The molecule has 0 radical (unpaired) electrons. The van der Waals surface area contributed by atoms with Gasteiger partial charge in [0.05, 0.1) is 12.8 Å². The van der Waals surface area contributed by atoms with Crippen LogP contribution in [0, 0.1) is 11.6 Å². The van der Waals surface area contributed by atoms with E-state index in [0.717, 1.165) is 30.9 Å². The summed E-state index contributed by atoms with van der Waals surface area (Å²) in [6, 6.07) is 26.7. The first-order valence-electron chi connectivity index (χ1n) is 13.5. The predicted octanol–water partition coefficient (Wildman–Crippen LogP) is 8.31. The minimum Gasteiger partial charge on any atom is -0.465 e. The van der Waals surface area contributed by atoms with E-state index in [1.165, 1.54) is 19.2 Å². The first-order valence-corrected chi connectivity index (χ1v) is 13.5. The highest BCUT2D eigenvalue weighted by molar-refractivity contribution is 6.37. The second kappa shape index (κ2) is 14.1. The molecule has 0 aliphatic heterocycles. The van der Waals surface area contributed by atoms with Crippen molar-refractivity contribution in [2.24, 2.45) is 4.99 Å². The van der Waals surface area contributed by atoms with E-state index in [1.54, 1.807) is 54.6 Å². The van der Waals surface area contributed by atoms with Gasteiger partial charge >= 0.3 is 5.97 Å². The summed E-state index contributed by atoms with van der Waals surface area (Å²) in [4.78, 5) is 30.6. The fraction of sp³-hybridized carbons (Fsp3) is 0.171. The average molecular weight is 552 g/mol. The van der Waals surface area contributed by atoms with E-state index >= 15 is 0 Å². The van der Waals surface area contributed by atoms with Gasteiger partial charge in [0.15, 0.2) is 5.78 Å². The van der Waals surface area contributed by atoms with Crippen LogP contribution in [-0.2, 0) is 16.0 Å². The Kier molecular flexibility index (Phi) is 10.1. The number of benzene rings is 4. The number of nitrogens with zero attached hydrogens (tertiary/aromatic N) is 1. The number of ether oxygens (including phenoxy) is 1. The van der Waals surface area contributed by atoms with E-state index in [9.17, 15) is 18.4 Å². The largest absolute Gasteiger partial charge is 0.465 e. The van der Waals surface area contributed by atoms with Gasteiger partial charge in [-0.1, -0.05) is 86.2 Å². The number of carbonyl (C=O) groups is 2. The summed E-state index contributed by atoms with van der Waals surface area (Å²) < 4.78 is 33.7. The second-order valence-corrected chi connectivity index (χ2v) is 9.51. The van der Waals surface area contributed by atoms with Crippen molar-refractivity contribution < 1.29 is 23.1 Å². The Morgan fingerprint density at radius 2 is 1.54 bits per heavy atom. The van der Waals surface area contributed by atoms with Crippen LogP contribution in [0.5, 0.6) is 0 Å². The van der Waals surface area contributed by atoms with Crippen molar-refractivity contribution in [2.45, 2.75) is 32.6 Å². The van der Waals surface area contributed by atoms with E-state index in [4.69, 9.17) is 4.74 Å². The lowest BCUT2D eigenvalue weighted by molar-refractivity contribution is -0.132. The van der Waals surface area contributed by atoms with Crippen LogP contribution in [0.4, 0.5) is 14.5 Å². The first kappa shape index (κ1) is 29.3. The van der Waals surface area contributed by atoms with Crippen LogP contribution < -0.4 is 0 Å². The minimum absolute atomic E-state index is 0.0235. The molecule has 0 saturated heterocycles. The number of carbonyl (C=O) groups excluding carboxylic acids is 2. The third kappa shape index (κ3) is 7.48. The third-order valence-electron chi connectivity index (χ3n) is 6.67. The molecule has 4 rings (SSSR count). The summed E-state index contributed by atoms with van der Waals surface area (Å²) in [5.41, 5.74) is 3.70. The molecule has 0 aromatic heterocycles. The smallest absolute Gasteiger partial charge is 0.352 e. The van der Waals surface area contributed by atoms with Crippen LogP contribution >= 0.6 is 0 Å². The lowest BCUT2D eigenvalue weighted by Gasteiger charge is -2.12. The van der Waals surface area contributed by atoms with Crippen LogP contribution in [0.25, 0.3) is 5.57 Å². The quantitative estimate of drug-likeness (QED) is 0.107.